The fourth-order valence-electron chi connectivity index (χ4n) is 1.57. The van der Waals surface area contributed by atoms with Crippen LogP contribution in [0.5, 0.6) is 5.75 Å². The Hall–Kier alpha value is -1.68. The number of Topliss-reactive ketones (excluding diaryl/α,β-unsaturated/α-hetero) is 1. The summed E-state index contributed by atoms with van der Waals surface area (Å²) in [4.78, 5) is 13.0. The summed E-state index contributed by atoms with van der Waals surface area (Å²) < 4.78 is 6.97. The lowest BCUT2D eigenvalue weighted by Crippen LogP contribution is -2.00. The SMILES string of the molecule is COc1ccc(SCC(=O)c2ccn(C)c2)cc1. The third-order valence-corrected chi connectivity index (χ3v) is 3.60. The summed E-state index contributed by atoms with van der Waals surface area (Å²) >= 11 is 1.54. The van der Waals surface area contributed by atoms with E-state index < -0.39 is 0 Å². The second kappa shape index (κ2) is 5.78. The third kappa shape index (κ3) is 3.17. The zero-order chi connectivity index (χ0) is 13.0. The Balaban J connectivity index is 1.92. The molecule has 0 aliphatic heterocycles. The van der Waals surface area contributed by atoms with Crippen molar-refractivity contribution in [3.8, 4) is 5.75 Å². The normalized spacial score (nSPS) is 10.3. The molecule has 3 nitrogen and oxygen atoms in total. The van der Waals surface area contributed by atoms with E-state index in [1.807, 2.05) is 54.3 Å². The van der Waals surface area contributed by atoms with Crippen molar-refractivity contribution >= 4 is 17.5 Å². The van der Waals surface area contributed by atoms with E-state index in [1.54, 1.807) is 7.11 Å². The molecule has 0 saturated carbocycles. The van der Waals surface area contributed by atoms with E-state index in [1.165, 1.54) is 11.8 Å². The van der Waals surface area contributed by atoms with Crippen molar-refractivity contribution in [2.75, 3.05) is 12.9 Å². The number of aromatic nitrogens is 1. The van der Waals surface area contributed by atoms with Crippen molar-refractivity contribution in [2.24, 2.45) is 7.05 Å². The monoisotopic (exact) mass is 261 g/mol. The van der Waals surface area contributed by atoms with Gasteiger partial charge in [0.05, 0.1) is 12.9 Å². The molecule has 0 aliphatic rings. The van der Waals surface area contributed by atoms with Gasteiger partial charge in [0.2, 0.25) is 0 Å². The van der Waals surface area contributed by atoms with Crippen LogP contribution in [0, 0.1) is 0 Å². The summed E-state index contributed by atoms with van der Waals surface area (Å²) in [5.74, 6) is 1.43. The maximum absolute atomic E-state index is 11.9. The molecule has 0 amide bonds. The van der Waals surface area contributed by atoms with Crippen LogP contribution in [0.1, 0.15) is 10.4 Å². The van der Waals surface area contributed by atoms with Crippen molar-refractivity contribution < 1.29 is 9.53 Å². The number of hydrogen-bond donors (Lipinski definition) is 0. The minimum absolute atomic E-state index is 0.149. The molecule has 0 N–H and O–H groups in total. The molecule has 94 valence electrons. The van der Waals surface area contributed by atoms with Crippen LogP contribution in [0.15, 0.2) is 47.6 Å². The lowest BCUT2D eigenvalue weighted by Gasteiger charge is -2.02. The molecule has 0 saturated heterocycles. The first-order chi connectivity index (χ1) is 8.69. The summed E-state index contributed by atoms with van der Waals surface area (Å²) in [6.07, 6.45) is 3.72. The van der Waals surface area contributed by atoms with E-state index in [0.717, 1.165) is 16.2 Å². The number of ether oxygens (including phenoxy) is 1. The molecule has 0 bridgehead atoms. The van der Waals surface area contributed by atoms with E-state index in [0.29, 0.717) is 5.75 Å². The van der Waals surface area contributed by atoms with Gasteiger partial charge in [-0.3, -0.25) is 4.79 Å². The van der Waals surface area contributed by atoms with Crippen molar-refractivity contribution in [1.82, 2.24) is 4.57 Å². The molecule has 0 atom stereocenters. The van der Waals surface area contributed by atoms with E-state index in [-0.39, 0.29) is 5.78 Å². The largest absolute Gasteiger partial charge is 0.497 e. The van der Waals surface area contributed by atoms with Crippen LogP contribution >= 0.6 is 11.8 Å². The molecule has 4 heteroatoms. The number of thioether (sulfide) groups is 1. The average molecular weight is 261 g/mol. The number of aryl methyl sites for hydroxylation is 1. The van der Waals surface area contributed by atoms with Crippen molar-refractivity contribution in [2.45, 2.75) is 4.90 Å². The minimum atomic E-state index is 0.149. The fourth-order valence-corrected chi connectivity index (χ4v) is 2.37. The number of rotatable bonds is 5. The highest BCUT2D eigenvalue weighted by Gasteiger charge is 2.07. The number of carbonyl (C=O) groups excluding carboxylic acids is 1. The van der Waals surface area contributed by atoms with Crippen LogP contribution in [0.25, 0.3) is 0 Å². The van der Waals surface area contributed by atoms with Gasteiger partial charge in [-0.25, -0.2) is 0 Å². The van der Waals surface area contributed by atoms with Crippen LogP contribution in [0.4, 0.5) is 0 Å². The van der Waals surface area contributed by atoms with Gasteiger partial charge in [0, 0.05) is 29.9 Å². The number of hydrogen-bond acceptors (Lipinski definition) is 3. The van der Waals surface area contributed by atoms with E-state index in [4.69, 9.17) is 4.74 Å². The number of methoxy groups -OCH3 is 1. The van der Waals surface area contributed by atoms with Gasteiger partial charge in [-0.15, -0.1) is 11.8 Å². The first-order valence-electron chi connectivity index (χ1n) is 5.61. The molecule has 1 heterocycles. The topological polar surface area (TPSA) is 31.2 Å². The number of carbonyl (C=O) groups is 1. The lowest BCUT2D eigenvalue weighted by molar-refractivity contribution is 0.102. The van der Waals surface area contributed by atoms with Crippen molar-refractivity contribution in [1.29, 1.82) is 0 Å². The van der Waals surface area contributed by atoms with Gasteiger partial charge in [0.25, 0.3) is 0 Å². The Morgan fingerprint density at radius 1 is 1.28 bits per heavy atom. The van der Waals surface area contributed by atoms with E-state index in [9.17, 15) is 4.79 Å². The van der Waals surface area contributed by atoms with Crippen molar-refractivity contribution in [3.63, 3.8) is 0 Å². The highest BCUT2D eigenvalue weighted by atomic mass is 32.2. The maximum Gasteiger partial charge on any atom is 0.174 e. The van der Waals surface area contributed by atoms with Crippen LogP contribution < -0.4 is 4.74 Å². The van der Waals surface area contributed by atoms with Gasteiger partial charge < -0.3 is 9.30 Å². The molecule has 18 heavy (non-hydrogen) atoms. The Morgan fingerprint density at radius 3 is 2.56 bits per heavy atom. The lowest BCUT2D eigenvalue weighted by atomic mass is 10.2. The molecule has 0 fully saturated rings. The van der Waals surface area contributed by atoms with Gasteiger partial charge in [0.1, 0.15) is 5.75 Å². The standard InChI is InChI=1S/C14H15NO2S/c1-15-8-7-11(9-15)14(16)10-18-13-5-3-12(17-2)4-6-13/h3-9H,10H2,1-2H3. The molecule has 1 aromatic heterocycles. The Morgan fingerprint density at radius 2 is 2.00 bits per heavy atom. The molecule has 2 aromatic rings. The number of nitrogens with zero attached hydrogens (tertiary/aromatic N) is 1. The van der Waals surface area contributed by atoms with E-state index >= 15 is 0 Å². The highest BCUT2D eigenvalue weighted by molar-refractivity contribution is 8.00. The summed E-state index contributed by atoms with van der Waals surface area (Å²) in [5.41, 5.74) is 0.763. The Kier molecular flexibility index (Phi) is 4.10. The summed E-state index contributed by atoms with van der Waals surface area (Å²) in [5, 5.41) is 0. The second-order valence-corrected chi connectivity index (χ2v) is 5.00. The van der Waals surface area contributed by atoms with Gasteiger partial charge in [0.15, 0.2) is 5.78 Å². The van der Waals surface area contributed by atoms with Gasteiger partial charge in [-0.1, -0.05) is 0 Å². The van der Waals surface area contributed by atoms with Crippen LogP contribution in [-0.2, 0) is 7.05 Å². The Labute approximate surface area is 111 Å². The Bertz CT molecular complexity index is 531. The van der Waals surface area contributed by atoms with Gasteiger partial charge in [-0.05, 0) is 30.3 Å². The molecular formula is C14H15NO2S. The first-order valence-corrected chi connectivity index (χ1v) is 6.59. The zero-order valence-electron chi connectivity index (χ0n) is 10.4. The maximum atomic E-state index is 11.9. The van der Waals surface area contributed by atoms with E-state index in [2.05, 4.69) is 0 Å². The molecule has 0 radical (unpaired) electrons. The molecule has 0 aliphatic carbocycles. The van der Waals surface area contributed by atoms with Gasteiger partial charge in [-0.2, -0.15) is 0 Å². The minimum Gasteiger partial charge on any atom is -0.497 e. The number of benzene rings is 1. The van der Waals surface area contributed by atoms with Gasteiger partial charge >= 0.3 is 0 Å². The van der Waals surface area contributed by atoms with Crippen molar-refractivity contribution in [3.05, 3.63) is 48.3 Å². The predicted octanol–water partition coefficient (Wildman–Crippen LogP) is 3.01. The highest BCUT2D eigenvalue weighted by Crippen LogP contribution is 2.22. The van der Waals surface area contributed by atoms with Crippen LogP contribution in [0.2, 0.25) is 0 Å². The second-order valence-electron chi connectivity index (χ2n) is 3.95. The fraction of sp³-hybridized carbons (Fsp3) is 0.214. The molecule has 2 rings (SSSR count). The average Bonchev–Trinajstić information content (AvgIpc) is 2.83. The summed E-state index contributed by atoms with van der Waals surface area (Å²) in [6, 6.07) is 9.56. The summed E-state index contributed by atoms with van der Waals surface area (Å²) in [6.45, 7) is 0. The molecule has 1 aromatic carbocycles. The summed E-state index contributed by atoms with van der Waals surface area (Å²) in [7, 11) is 3.55. The molecular weight excluding hydrogens is 246 g/mol. The quantitative estimate of drug-likeness (QED) is 0.612. The van der Waals surface area contributed by atoms with Crippen LogP contribution in [-0.4, -0.2) is 23.2 Å². The predicted molar refractivity (Wildman–Crippen MR) is 73.5 cm³/mol. The molecule has 0 unspecified atom stereocenters. The van der Waals surface area contributed by atoms with Crippen LogP contribution in [0.3, 0.4) is 0 Å². The first kappa shape index (κ1) is 12.8. The third-order valence-electron chi connectivity index (χ3n) is 2.58. The smallest absolute Gasteiger partial charge is 0.174 e. The number of ketones is 1. The zero-order valence-corrected chi connectivity index (χ0v) is 11.2. The molecule has 0 spiro atoms.